The molecule has 2 saturated carbocycles. The molecular weight excluding hydrogens is 300 g/mol. The van der Waals surface area contributed by atoms with Crippen LogP contribution in [0.4, 0.5) is 0 Å². The number of Topliss-reactive ketones (excluding diaryl/α,β-unsaturated/α-hetero) is 1. The van der Waals surface area contributed by atoms with Crippen molar-refractivity contribution in [1.29, 1.82) is 0 Å². The van der Waals surface area contributed by atoms with Crippen LogP contribution in [0.2, 0.25) is 0 Å². The van der Waals surface area contributed by atoms with Gasteiger partial charge in [0.05, 0.1) is 12.2 Å². The number of ether oxygens (including phenoxy) is 1. The van der Waals surface area contributed by atoms with Gasteiger partial charge in [-0.05, 0) is 68.3 Å². The van der Waals surface area contributed by atoms with Gasteiger partial charge in [0.25, 0.3) is 0 Å². The molecule has 3 atom stereocenters. The molecule has 3 unspecified atom stereocenters. The summed E-state index contributed by atoms with van der Waals surface area (Å²) >= 11 is 0. The van der Waals surface area contributed by atoms with E-state index in [0.717, 1.165) is 63.4 Å². The van der Waals surface area contributed by atoms with E-state index in [0.29, 0.717) is 24.9 Å². The van der Waals surface area contributed by atoms with Crippen molar-refractivity contribution in [2.24, 2.45) is 17.3 Å². The van der Waals surface area contributed by atoms with Crippen LogP contribution in [0.15, 0.2) is 12.2 Å². The van der Waals surface area contributed by atoms with Crippen LogP contribution < -0.4 is 0 Å². The van der Waals surface area contributed by atoms with Gasteiger partial charge in [-0.1, -0.05) is 27.4 Å². The largest absolute Gasteiger partial charge is 0.390 e. The molecule has 3 heteroatoms. The maximum absolute atomic E-state index is 12.2. The summed E-state index contributed by atoms with van der Waals surface area (Å²) in [4.78, 5) is 12.2. The van der Waals surface area contributed by atoms with Crippen molar-refractivity contribution in [1.82, 2.24) is 0 Å². The molecule has 0 aromatic carbocycles. The van der Waals surface area contributed by atoms with E-state index in [1.54, 1.807) is 0 Å². The SMILES string of the molecule is C=C(COCCCC(O)(CC)CC)C1CCC2C(=O)CCCC12C. The van der Waals surface area contributed by atoms with E-state index in [2.05, 4.69) is 13.5 Å². The normalized spacial score (nSPS) is 30.4. The Kier molecular flexibility index (Phi) is 6.66. The third-order valence-electron chi connectivity index (χ3n) is 6.89. The van der Waals surface area contributed by atoms with Gasteiger partial charge in [0, 0.05) is 18.9 Å². The molecule has 0 aromatic rings. The van der Waals surface area contributed by atoms with Crippen LogP contribution in [0.5, 0.6) is 0 Å². The number of hydrogen-bond donors (Lipinski definition) is 1. The fraction of sp³-hybridized carbons (Fsp3) is 0.857. The van der Waals surface area contributed by atoms with Crippen molar-refractivity contribution in [3.8, 4) is 0 Å². The standard InChI is InChI=1S/C21H36O3/c1-5-21(23,6-2)13-8-14-24-15-16(3)17-10-11-18-19(22)9-7-12-20(17,18)4/h17-18,23H,3,5-15H2,1-2,4H3. The fourth-order valence-corrected chi connectivity index (χ4v) is 5.01. The van der Waals surface area contributed by atoms with Crippen LogP contribution in [0.25, 0.3) is 0 Å². The first-order valence-corrected chi connectivity index (χ1v) is 9.87. The lowest BCUT2D eigenvalue weighted by atomic mass is 9.63. The van der Waals surface area contributed by atoms with Crippen molar-refractivity contribution >= 4 is 5.78 Å². The summed E-state index contributed by atoms with van der Waals surface area (Å²) in [6, 6.07) is 0. The fourth-order valence-electron chi connectivity index (χ4n) is 5.01. The Balaban J connectivity index is 1.76. The number of carbonyl (C=O) groups is 1. The summed E-state index contributed by atoms with van der Waals surface area (Å²) in [7, 11) is 0. The zero-order valence-electron chi connectivity index (χ0n) is 15.9. The average molecular weight is 337 g/mol. The van der Waals surface area contributed by atoms with Gasteiger partial charge in [-0.15, -0.1) is 0 Å². The van der Waals surface area contributed by atoms with Crippen molar-refractivity contribution in [2.75, 3.05) is 13.2 Å². The molecule has 138 valence electrons. The van der Waals surface area contributed by atoms with E-state index in [9.17, 15) is 9.90 Å². The molecule has 2 rings (SSSR count). The highest BCUT2D eigenvalue weighted by Crippen LogP contribution is 2.56. The average Bonchev–Trinajstić information content (AvgIpc) is 2.92. The van der Waals surface area contributed by atoms with Gasteiger partial charge in [0.2, 0.25) is 0 Å². The monoisotopic (exact) mass is 336 g/mol. The van der Waals surface area contributed by atoms with Gasteiger partial charge in [0.15, 0.2) is 0 Å². The van der Waals surface area contributed by atoms with E-state index in [1.165, 1.54) is 0 Å². The summed E-state index contributed by atoms with van der Waals surface area (Å²) in [5.41, 5.74) is 0.742. The Morgan fingerprint density at radius 2 is 2.08 bits per heavy atom. The van der Waals surface area contributed by atoms with E-state index >= 15 is 0 Å². The summed E-state index contributed by atoms with van der Waals surface area (Å²) in [5, 5.41) is 10.3. The second-order valence-electron chi connectivity index (χ2n) is 8.25. The van der Waals surface area contributed by atoms with Gasteiger partial charge in [-0.3, -0.25) is 4.79 Å². The van der Waals surface area contributed by atoms with Gasteiger partial charge in [0.1, 0.15) is 5.78 Å². The molecular formula is C21H36O3. The van der Waals surface area contributed by atoms with Gasteiger partial charge >= 0.3 is 0 Å². The number of hydrogen-bond acceptors (Lipinski definition) is 3. The second-order valence-corrected chi connectivity index (χ2v) is 8.25. The summed E-state index contributed by atoms with van der Waals surface area (Å²) in [6.45, 7) is 11.9. The molecule has 0 spiro atoms. The molecule has 0 amide bonds. The van der Waals surface area contributed by atoms with Gasteiger partial charge in [-0.25, -0.2) is 0 Å². The van der Waals surface area contributed by atoms with Crippen molar-refractivity contribution < 1.29 is 14.6 Å². The molecule has 0 aromatic heterocycles. The topological polar surface area (TPSA) is 46.5 Å². The summed E-state index contributed by atoms with van der Waals surface area (Å²) < 4.78 is 5.85. The Bertz CT molecular complexity index is 452. The Labute approximate surface area is 147 Å². The van der Waals surface area contributed by atoms with E-state index in [-0.39, 0.29) is 11.3 Å². The molecule has 0 radical (unpaired) electrons. The molecule has 0 saturated heterocycles. The second kappa shape index (κ2) is 8.14. The predicted octanol–water partition coefficient (Wildman–Crippen LogP) is 4.68. The van der Waals surface area contributed by atoms with Crippen LogP contribution in [-0.4, -0.2) is 29.7 Å². The highest BCUT2D eigenvalue weighted by Gasteiger charge is 2.51. The Morgan fingerprint density at radius 3 is 2.75 bits per heavy atom. The first-order valence-electron chi connectivity index (χ1n) is 9.87. The summed E-state index contributed by atoms with van der Waals surface area (Å²) in [5.74, 6) is 1.14. The molecule has 3 nitrogen and oxygen atoms in total. The molecule has 1 N–H and O–H groups in total. The minimum absolute atomic E-state index is 0.112. The maximum atomic E-state index is 12.2. The lowest BCUT2D eigenvalue weighted by molar-refractivity contribution is -0.129. The first-order chi connectivity index (χ1) is 11.4. The van der Waals surface area contributed by atoms with Crippen LogP contribution in [0, 0.1) is 17.3 Å². The van der Waals surface area contributed by atoms with Crippen molar-refractivity contribution in [2.45, 2.75) is 84.2 Å². The molecule has 0 bridgehead atoms. The summed E-state index contributed by atoms with van der Waals surface area (Å²) in [6.07, 6.45) is 8.33. The molecule has 2 aliphatic rings. The third kappa shape index (κ3) is 4.11. The Hall–Kier alpha value is -0.670. The molecule has 0 heterocycles. The van der Waals surface area contributed by atoms with E-state index in [1.807, 2.05) is 13.8 Å². The van der Waals surface area contributed by atoms with Crippen LogP contribution in [0.3, 0.4) is 0 Å². The highest BCUT2D eigenvalue weighted by molar-refractivity contribution is 5.83. The van der Waals surface area contributed by atoms with Crippen LogP contribution in [0.1, 0.15) is 78.6 Å². The third-order valence-corrected chi connectivity index (χ3v) is 6.89. The predicted molar refractivity (Wildman–Crippen MR) is 97.9 cm³/mol. The molecule has 2 aliphatic carbocycles. The zero-order valence-corrected chi connectivity index (χ0v) is 15.9. The van der Waals surface area contributed by atoms with Crippen LogP contribution in [-0.2, 0) is 9.53 Å². The van der Waals surface area contributed by atoms with Crippen molar-refractivity contribution in [3.05, 3.63) is 12.2 Å². The zero-order chi connectivity index (χ0) is 17.8. The lowest BCUT2D eigenvalue weighted by Gasteiger charge is -2.40. The minimum Gasteiger partial charge on any atom is -0.390 e. The number of carbonyl (C=O) groups excluding carboxylic acids is 1. The van der Waals surface area contributed by atoms with Crippen LogP contribution >= 0.6 is 0 Å². The molecule has 0 aliphatic heterocycles. The van der Waals surface area contributed by atoms with Crippen molar-refractivity contribution in [3.63, 3.8) is 0 Å². The van der Waals surface area contributed by atoms with Gasteiger partial charge < -0.3 is 9.84 Å². The molecule has 2 fully saturated rings. The van der Waals surface area contributed by atoms with Gasteiger partial charge in [-0.2, -0.15) is 0 Å². The number of aliphatic hydroxyl groups is 1. The number of ketones is 1. The minimum atomic E-state index is -0.533. The lowest BCUT2D eigenvalue weighted by Crippen LogP contribution is -2.38. The van der Waals surface area contributed by atoms with E-state index < -0.39 is 5.60 Å². The Morgan fingerprint density at radius 1 is 1.38 bits per heavy atom. The first kappa shape index (κ1) is 19.7. The smallest absolute Gasteiger partial charge is 0.136 e. The highest BCUT2D eigenvalue weighted by atomic mass is 16.5. The molecule has 24 heavy (non-hydrogen) atoms. The maximum Gasteiger partial charge on any atom is 0.136 e. The number of rotatable bonds is 9. The quantitative estimate of drug-likeness (QED) is 0.491. The van der Waals surface area contributed by atoms with E-state index in [4.69, 9.17) is 4.74 Å². The number of fused-ring (bicyclic) bond motifs is 1.